The van der Waals surface area contributed by atoms with Gasteiger partial charge in [-0.1, -0.05) is 35.9 Å². The van der Waals surface area contributed by atoms with Crippen LogP contribution in [0.3, 0.4) is 0 Å². The molecule has 1 aliphatic heterocycles. The number of nitrogens with one attached hydrogen (secondary N) is 1. The van der Waals surface area contributed by atoms with E-state index in [4.69, 9.17) is 0 Å². The summed E-state index contributed by atoms with van der Waals surface area (Å²) in [4.78, 5) is 15.6. The molecule has 0 aliphatic carbocycles. The molecule has 2 amide bonds. The average Bonchev–Trinajstić information content (AvgIpc) is 2.70. The second-order valence-electron chi connectivity index (χ2n) is 5.18. The highest BCUT2D eigenvalue weighted by atomic mass is 32.2. The number of para-hydroxylation sites is 1. The number of carbonyl (C=O) groups is 1. The molecule has 1 heterocycles. The zero-order chi connectivity index (χ0) is 14.7. The van der Waals surface area contributed by atoms with Crippen molar-refractivity contribution in [2.24, 2.45) is 0 Å². The van der Waals surface area contributed by atoms with E-state index in [0.717, 1.165) is 18.0 Å². The van der Waals surface area contributed by atoms with Gasteiger partial charge in [0.2, 0.25) is 0 Å². The predicted molar refractivity (Wildman–Crippen MR) is 87.8 cm³/mol. The molecular weight excluding hydrogens is 280 g/mol. The highest BCUT2D eigenvalue weighted by Gasteiger charge is 2.19. The Balaban J connectivity index is 1.75. The number of carbonyl (C=O) groups excluding carboxylic acids is 1. The van der Waals surface area contributed by atoms with E-state index in [-0.39, 0.29) is 6.03 Å². The molecule has 3 nitrogen and oxygen atoms in total. The quantitative estimate of drug-likeness (QED) is 0.858. The molecule has 0 aromatic heterocycles. The number of fused-ring (bicyclic) bond motifs is 1. The van der Waals surface area contributed by atoms with Crippen LogP contribution in [0.5, 0.6) is 0 Å². The summed E-state index contributed by atoms with van der Waals surface area (Å²) in [5, 5.41) is 2.96. The molecule has 0 saturated heterocycles. The number of hydrogen-bond acceptors (Lipinski definition) is 2. The van der Waals surface area contributed by atoms with Crippen molar-refractivity contribution in [2.75, 3.05) is 17.6 Å². The lowest BCUT2D eigenvalue weighted by molar-refractivity contribution is 0.212. The van der Waals surface area contributed by atoms with Gasteiger partial charge in [-0.2, -0.15) is 0 Å². The van der Waals surface area contributed by atoms with Gasteiger partial charge in [-0.05, 0) is 30.7 Å². The maximum absolute atomic E-state index is 12.4. The molecule has 3 rings (SSSR count). The number of anilines is 1. The summed E-state index contributed by atoms with van der Waals surface area (Å²) < 4.78 is 0. The highest BCUT2D eigenvalue weighted by molar-refractivity contribution is 7.99. The van der Waals surface area contributed by atoms with Crippen molar-refractivity contribution in [2.45, 2.75) is 18.4 Å². The van der Waals surface area contributed by atoms with Gasteiger partial charge in [0.05, 0.1) is 0 Å². The Morgan fingerprint density at radius 1 is 1.19 bits per heavy atom. The van der Waals surface area contributed by atoms with Gasteiger partial charge >= 0.3 is 6.03 Å². The van der Waals surface area contributed by atoms with Crippen LogP contribution in [0, 0.1) is 6.92 Å². The predicted octanol–water partition coefficient (Wildman–Crippen LogP) is 4.13. The first kappa shape index (κ1) is 14.0. The number of urea groups is 1. The van der Waals surface area contributed by atoms with Crippen molar-refractivity contribution in [1.82, 2.24) is 4.90 Å². The lowest BCUT2D eigenvalue weighted by Crippen LogP contribution is -2.35. The van der Waals surface area contributed by atoms with Gasteiger partial charge < -0.3 is 10.2 Å². The second-order valence-corrected chi connectivity index (χ2v) is 6.31. The van der Waals surface area contributed by atoms with Crippen LogP contribution in [0.15, 0.2) is 53.4 Å². The Morgan fingerprint density at radius 3 is 2.81 bits per heavy atom. The molecule has 0 bridgehead atoms. The summed E-state index contributed by atoms with van der Waals surface area (Å²) in [7, 11) is 0. The van der Waals surface area contributed by atoms with Crippen LogP contribution in [0.4, 0.5) is 10.5 Å². The Kier molecular flexibility index (Phi) is 4.15. The molecule has 1 N–H and O–H groups in total. The minimum absolute atomic E-state index is 0.0313. The third kappa shape index (κ3) is 3.39. The summed E-state index contributed by atoms with van der Waals surface area (Å²) in [5.74, 6) is 0.929. The maximum Gasteiger partial charge on any atom is 0.322 e. The van der Waals surface area contributed by atoms with Crippen molar-refractivity contribution < 1.29 is 4.79 Å². The summed E-state index contributed by atoms with van der Waals surface area (Å²) >= 11 is 1.82. The first-order valence-corrected chi connectivity index (χ1v) is 8.04. The first-order valence-electron chi connectivity index (χ1n) is 7.06. The summed E-state index contributed by atoms with van der Waals surface area (Å²) in [5.41, 5.74) is 3.31. The number of thioether (sulfide) groups is 1. The minimum Gasteiger partial charge on any atom is -0.319 e. The lowest BCUT2D eigenvalue weighted by atomic mass is 10.1. The number of nitrogens with zero attached hydrogens (tertiary/aromatic N) is 1. The maximum atomic E-state index is 12.4. The van der Waals surface area contributed by atoms with Gasteiger partial charge in [0, 0.05) is 29.4 Å². The summed E-state index contributed by atoms with van der Waals surface area (Å²) in [6.07, 6.45) is 0. The van der Waals surface area contributed by atoms with E-state index in [1.807, 2.05) is 47.0 Å². The zero-order valence-corrected chi connectivity index (χ0v) is 12.8. The Morgan fingerprint density at radius 2 is 2.00 bits per heavy atom. The summed E-state index contributed by atoms with van der Waals surface area (Å²) in [6.45, 7) is 3.52. The number of aryl methyl sites for hydroxylation is 1. The Bertz CT molecular complexity index is 642. The van der Waals surface area contributed by atoms with Gasteiger partial charge in [0.1, 0.15) is 0 Å². The molecule has 0 radical (unpaired) electrons. The topological polar surface area (TPSA) is 32.3 Å². The fraction of sp³-hybridized carbons (Fsp3) is 0.235. The molecule has 0 saturated carbocycles. The molecular formula is C17H18N2OS. The van der Waals surface area contributed by atoms with Gasteiger partial charge in [0.15, 0.2) is 0 Å². The van der Waals surface area contributed by atoms with Crippen molar-refractivity contribution in [3.63, 3.8) is 0 Å². The first-order chi connectivity index (χ1) is 10.2. The van der Waals surface area contributed by atoms with E-state index in [2.05, 4.69) is 30.4 Å². The van der Waals surface area contributed by atoms with Crippen molar-refractivity contribution in [3.8, 4) is 0 Å². The summed E-state index contributed by atoms with van der Waals surface area (Å²) in [6, 6.07) is 16.0. The fourth-order valence-electron chi connectivity index (χ4n) is 2.42. The molecule has 0 fully saturated rings. The molecule has 0 unspecified atom stereocenters. The number of benzene rings is 2. The fourth-order valence-corrected chi connectivity index (χ4v) is 3.43. The largest absolute Gasteiger partial charge is 0.322 e. The van der Waals surface area contributed by atoms with Crippen LogP contribution in [0.25, 0.3) is 0 Å². The molecule has 4 heteroatoms. The van der Waals surface area contributed by atoms with E-state index < -0.39 is 0 Å². The molecule has 1 aliphatic rings. The zero-order valence-electron chi connectivity index (χ0n) is 12.0. The molecule has 2 aromatic rings. The lowest BCUT2D eigenvalue weighted by Gasteiger charge is -2.21. The van der Waals surface area contributed by atoms with Crippen molar-refractivity contribution in [1.29, 1.82) is 0 Å². The van der Waals surface area contributed by atoms with Gasteiger partial charge in [0.25, 0.3) is 0 Å². The van der Waals surface area contributed by atoms with E-state index in [0.29, 0.717) is 6.54 Å². The highest BCUT2D eigenvalue weighted by Crippen LogP contribution is 2.28. The van der Waals surface area contributed by atoms with Gasteiger partial charge in [-0.15, -0.1) is 11.8 Å². The van der Waals surface area contributed by atoms with Crippen LogP contribution in [0.2, 0.25) is 0 Å². The van der Waals surface area contributed by atoms with Crippen LogP contribution in [0.1, 0.15) is 11.1 Å². The third-order valence-corrected chi connectivity index (χ3v) is 4.60. The van der Waals surface area contributed by atoms with Gasteiger partial charge in [-0.25, -0.2) is 4.79 Å². The number of amides is 2. The molecule has 2 aromatic carbocycles. The Labute approximate surface area is 129 Å². The van der Waals surface area contributed by atoms with Crippen molar-refractivity contribution in [3.05, 3.63) is 59.7 Å². The third-order valence-electron chi connectivity index (χ3n) is 3.51. The van der Waals surface area contributed by atoms with Crippen molar-refractivity contribution >= 4 is 23.5 Å². The van der Waals surface area contributed by atoms with Crippen LogP contribution < -0.4 is 5.32 Å². The average molecular weight is 298 g/mol. The van der Waals surface area contributed by atoms with Crippen LogP contribution in [-0.2, 0) is 6.54 Å². The number of hydrogen-bond donors (Lipinski definition) is 1. The van der Waals surface area contributed by atoms with Gasteiger partial charge in [-0.3, -0.25) is 0 Å². The monoisotopic (exact) mass is 298 g/mol. The van der Waals surface area contributed by atoms with Crippen LogP contribution in [-0.4, -0.2) is 23.2 Å². The van der Waals surface area contributed by atoms with Crippen LogP contribution >= 0.6 is 11.8 Å². The second kappa shape index (κ2) is 6.22. The SMILES string of the molecule is Cc1ccc2c(c1)CN(C(=O)Nc1ccccc1)CCS2. The van der Waals surface area contributed by atoms with E-state index in [1.54, 1.807) is 0 Å². The van der Waals surface area contributed by atoms with E-state index in [1.165, 1.54) is 16.0 Å². The Hall–Kier alpha value is -1.94. The molecule has 0 atom stereocenters. The molecule has 0 spiro atoms. The van der Waals surface area contributed by atoms with E-state index >= 15 is 0 Å². The number of rotatable bonds is 1. The molecule has 108 valence electrons. The molecule has 21 heavy (non-hydrogen) atoms. The normalized spacial score (nSPS) is 14.2. The smallest absolute Gasteiger partial charge is 0.319 e. The minimum atomic E-state index is -0.0313. The standard InChI is InChI=1S/C17H18N2OS/c1-13-7-8-16-14(11-13)12-19(9-10-21-16)17(20)18-15-5-3-2-4-6-15/h2-8,11H,9-10,12H2,1H3,(H,18,20). The van der Waals surface area contributed by atoms with E-state index in [9.17, 15) is 4.79 Å².